The molecule has 2 aliphatic heterocycles. The number of nitrogens with two attached hydrogens (primary N) is 1. The summed E-state index contributed by atoms with van der Waals surface area (Å²) in [4.78, 5) is 13.8. The minimum atomic E-state index is -0.873. The second-order valence-electron chi connectivity index (χ2n) is 7.94. The van der Waals surface area contributed by atoms with Gasteiger partial charge in [0.25, 0.3) is 0 Å². The molecule has 1 fully saturated rings. The Hall–Kier alpha value is -2.78. The van der Waals surface area contributed by atoms with E-state index < -0.39 is 18.2 Å². The number of aliphatic hydroxyl groups is 1. The summed E-state index contributed by atoms with van der Waals surface area (Å²) in [6.45, 7) is 1.75. The van der Waals surface area contributed by atoms with Crippen LogP contribution < -0.4 is 15.5 Å². The van der Waals surface area contributed by atoms with Crippen molar-refractivity contribution in [1.29, 1.82) is 0 Å². The van der Waals surface area contributed by atoms with E-state index in [1.165, 1.54) is 23.5 Å². The summed E-state index contributed by atoms with van der Waals surface area (Å²) in [5.41, 5.74) is 8.15. The second-order valence-corrected chi connectivity index (χ2v) is 8.97. The molecule has 0 amide bonds. The van der Waals surface area contributed by atoms with E-state index in [-0.39, 0.29) is 5.69 Å². The van der Waals surface area contributed by atoms with E-state index >= 15 is 0 Å². The molecule has 0 radical (unpaired) electrons. The third-order valence-electron chi connectivity index (χ3n) is 5.84. The Kier molecular flexibility index (Phi) is 5.23. The van der Waals surface area contributed by atoms with Gasteiger partial charge in [-0.25, -0.2) is 18.7 Å². The fraction of sp³-hybridized carbons (Fsp3) is 0.364. The number of alkyl halides is 1. The van der Waals surface area contributed by atoms with Crippen molar-refractivity contribution in [2.24, 2.45) is 0 Å². The van der Waals surface area contributed by atoms with Gasteiger partial charge >= 0.3 is 0 Å². The SMILES string of the molecule is Nc1cc(N2CCc3nc(-c4ccc(N5CCCC(F)C5)nc4)sc3C2O)ccc1F. The normalized spacial score (nSPS) is 21.3. The number of nitrogens with zero attached hydrogens (tertiary/aromatic N) is 4. The van der Waals surface area contributed by atoms with Gasteiger partial charge in [-0.05, 0) is 43.2 Å². The number of halogens is 2. The molecule has 0 aliphatic carbocycles. The Balaban J connectivity index is 1.37. The molecule has 1 saturated heterocycles. The topological polar surface area (TPSA) is 78.5 Å². The average Bonchev–Trinajstić information content (AvgIpc) is 3.22. The Labute approximate surface area is 183 Å². The standard InChI is InChI=1S/C22H23F2N5OS/c23-14-2-1-8-28(12-14)19-6-3-13(11-26-19)21-27-18-7-9-29(22(30)20(18)31-21)15-4-5-16(24)17(25)10-15/h3-6,10-11,14,22,30H,1-2,7-9,12,25H2. The van der Waals surface area contributed by atoms with E-state index in [1.807, 2.05) is 17.0 Å². The van der Waals surface area contributed by atoms with Gasteiger partial charge in [-0.2, -0.15) is 0 Å². The minimum absolute atomic E-state index is 0.0550. The molecule has 0 bridgehead atoms. The van der Waals surface area contributed by atoms with E-state index in [1.54, 1.807) is 17.2 Å². The Morgan fingerprint density at radius 3 is 2.81 bits per heavy atom. The first-order chi connectivity index (χ1) is 15.0. The van der Waals surface area contributed by atoms with Crippen molar-refractivity contribution in [3.63, 3.8) is 0 Å². The highest BCUT2D eigenvalue weighted by Gasteiger charge is 2.30. The fourth-order valence-corrected chi connectivity index (χ4v) is 5.27. The number of aliphatic hydroxyl groups excluding tert-OH is 1. The Bertz CT molecular complexity index is 1090. The van der Waals surface area contributed by atoms with Gasteiger partial charge in [0, 0.05) is 37.0 Å². The Morgan fingerprint density at radius 1 is 1.19 bits per heavy atom. The van der Waals surface area contributed by atoms with E-state index in [4.69, 9.17) is 10.7 Å². The van der Waals surface area contributed by atoms with Crippen LogP contribution >= 0.6 is 11.3 Å². The molecule has 0 saturated carbocycles. The van der Waals surface area contributed by atoms with Crippen molar-refractivity contribution < 1.29 is 13.9 Å². The molecule has 2 unspecified atom stereocenters. The first kappa shape index (κ1) is 20.1. The quantitative estimate of drug-likeness (QED) is 0.598. The van der Waals surface area contributed by atoms with Gasteiger partial charge < -0.3 is 20.6 Å². The van der Waals surface area contributed by atoms with E-state index in [0.717, 1.165) is 39.9 Å². The largest absolute Gasteiger partial charge is 0.396 e. The molecular weight excluding hydrogens is 420 g/mol. The fourth-order valence-electron chi connectivity index (χ4n) is 4.17. The monoisotopic (exact) mass is 443 g/mol. The summed E-state index contributed by atoms with van der Waals surface area (Å²) in [7, 11) is 0. The predicted octanol–water partition coefficient (Wildman–Crippen LogP) is 3.92. The third kappa shape index (κ3) is 3.83. The van der Waals surface area contributed by atoms with Crippen molar-refractivity contribution in [2.75, 3.05) is 35.2 Å². The lowest BCUT2D eigenvalue weighted by Gasteiger charge is -2.33. The number of nitrogen functional groups attached to an aromatic ring is 1. The molecular formula is C22H23F2N5OS. The van der Waals surface area contributed by atoms with Gasteiger partial charge in [-0.15, -0.1) is 11.3 Å². The molecule has 1 aromatic carbocycles. The number of aromatic nitrogens is 2. The van der Waals surface area contributed by atoms with Gasteiger partial charge in [0.2, 0.25) is 0 Å². The number of thiazole rings is 1. The number of anilines is 3. The molecule has 6 nitrogen and oxygen atoms in total. The van der Waals surface area contributed by atoms with Crippen LogP contribution in [0.15, 0.2) is 36.5 Å². The zero-order valence-electron chi connectivity index (χ0n) is 16.8. The molecule has 0 spiro atoms. The lowest BCUT2D eigenvalue weighted by atomic mass is 10.1. The first-order valence-electron chi connectivity index (χ1n) is 10.3. The van der Waals surface area contributed by atoms with Crippen LogP contribution in [-0.4, -0.2) is 40.9 Å². The van der Waals surface area contributed by atoms with E-state index in [0.29, 0.717) is 31.6 Å². The van der Waals surface area contributed by atoms with Crippen molar-refractivity contribution in [3.05, 3.63) is 52.9 Å². The number of hydrogen-bond acceptors (Lipinski definition) is 7. The summed E-state index contributed by atoms with van der Waals surface area (Å²) in [5, 5.41) is 11.7. The molecule has 3 aromatic rings. The molecule has 2 aliphatic rings. The maximum Gasteiger partial charge on any atom is 0.164 e. The highest BCUT2D eigenvalue weighted by atomic mass is 32.1. The lowest BCUT2D eigenvalue weighted by Crippen LogP contribution is -2.36. The van der Waals surface area contributed by atoms with Crippen LogP contribution in [0.25, 0.3) is 10.6 Å². The van der Waals surface area contributed by atoms with Crippen molar-refractivity contribution in [2.45, 2.75) is 31.7 Å². The molecule has 9 heteroatoms. The highest BCUT2D eigenvalue weighted by molar-refractivity contribution is 7.15. The minimum Gasteiger partial charge on any atom is -0.396 e. The van der Waals surface area contributed by atoms with Gasteiger partial charge in [-0.1, -0.05) is 0 Å². The molecule has 2 atom stereocenters. The third-order valence-corrected chi connectivity index (χ3v) is 7.03. The van der Waals surface area contributed by atoms with Crippen LogP contribution in [-0.2, 0) is 6.42 Å². The zero-order chi connectivity index (χ0) is 21.5. The van der Waals surface area contributed by atoms with Crippen molar-refractivity contribution in [1.82, 2.24) is 9.97 Å². The van der Waals surface area contributed by atoms with E-state index in [9.17, 15) is 13.9 Å². The van der Waals surface area contributed by atoms with Gasteiger partial charge in [-0.3, -0.25) is 0 Å². The maximum atomic E-state index is 13.7. The van der Waals surface area contributed by atoms with Crippen LogP contribution in [0.1, 0.15) is 29.6 Å². The van der Waals surface area contributed by atoms with Crippen molar-refractivity contribution in [3.8, 4) is 10.6 Å². The number of benzene rings is 1. The summed E-state index contributed by atoms with van der Waals surface area (Å²) >= 11 is 1.42. The number of rotatable bonds is 3. The molecule has 5 rings (SSSR count). The number of pyridine rings is 1. The average molecular weight is 444 g/mol. The van der Waals surface area contributed by atoms with Gasteiger partial charge in [0.1, 0.15) is 22.8 Å². The van der Waals surface area contributed by atoms with Crippen LogP contribution in [0.3, 0.4) is 0 Å². The number of piperidine rings is 1. The summed E-state index contributed by atoms with van der Waals surface area (Å²) < 4.78 is 27.2. The highest BCUT2D eigenvalue weighted by Crippen LogP contribution is 2.39. The second kappa shape index (κ2) is 8.05. The first-order valence-corrected chi connectivity index (χ1v) is 11.2. The molecule has 2 aromatic heterocycles. The summed E-state index contributed by atoms with van der Waals surface area (Å²) in [5.74, 6) is 0.297. The van der Waals surface area contributed by atoms with Crippen LogP contribution in [0.5, 0.6) is 0 Å². The van der Waals surface area contributed by atoms with Gasteiger partial charge in [0.05, 0.1) is 22.8 Å². The van der Waals surface area contributed by atoms with Crippen LogP contribution in [0, 0.1) is 5.82 Å². The van der Waals surface area contributed by atoms with Gasteiger partial charge in [0.15, 0.2) is 6.23 Å². The van der Waals surface area contributed by atoms with Crippen LogP contribution in [0.4, 0.5) is 26.0 Å². The Morgan fingerprint density at radius 2 is 2.06 bits per heavy atom. The van der Waals surface area contributed by atoms with Crippen molar-refractivity contribution >= 4 is 28.5 Å². The number of hydrogen-bond donors (Lipinski definition) is 2. The maximum absolute atomic E-state index is 13.7. The molecule has 4 heterocycles. The smallest absolute Gasteiger partial charge is 0.164 e. The van der Waals surface area contributed by atoms with E-state index in [2.05, 4.69) is 4.98 Å². The molecule has 162 valence electrons. The molecule has 3 N–H and O–H groups in total. The predicted molar refractivity (Wildman–Crippen MR) is 119 cm³/mol. The number of fused-ring (bicyclic) bond motifs is 1. The zero-order valence-corrected chi connectivity index (χ0v) is 17.7. The molecule has 31 heavy (non-hydrogen) atoms. The summed E-state index contributed by atoms with van der Waals surface area (Å²) in [6.07, 6.45) is 2.19. The lowest BCUT2D eigenvalue weighted by molar-refractivity contribution is 0.168. The van der Waals surface area contributed by atoms with Crippen LogP contribution in [0.2, 0.25) is 0 Å². The summed E-state index contributed by atoms with van der Waals surface area (Å²) in [6, 6.07) is 8.31.